The Hall–Kier alpha value is -2.12. The normalized spacial score (nSPS) is 20.5. The molecular formula is C11H16N2O6. The minimum atomic E-state index is -1.27. The number of nitrogens with one attached hydrogen (secondary N) is 1. The number of carboxylic acids is 2. The summed E-state index contributed by atoms with van der Waals surface area (Å²) in [4.78, 5) is 46.0. The van der Waals surface area contributed by atoms with E-state index in [1.54, 1.807) is 0 Å². The summed E-state index contributed by atoms with van der Waals surface area (Å²) in [6.07, 6.45) is 1.59. The maximum Gasteiger partial charge on any atom is 0.326 e. The van der Waals surface area contributed by atoms with E-state index < -0.39 is 35.8 Å². The third-order valence-electron chi connectivity index (χ3n) is 2.96. The molecule has 1 rings (SSSR count). The number of piperidine rings is 1. The fourth-order valence-corrected chi connectivity index (χ4v) is 1.88. The van der Waals surface area contributed by atoms with Crippen molar-refractivity contribution >= 4 is 23.8 Å². The van der Waals surface area contributed by atoms with Crippen molar-refractivity contribution in [1.29, 1.82) is 0 Å². The molecule has 0 aromatic carbocycles. The molecule has 19 heavy (non-hydrogen) atoms. The van der Waals surface area contributed by atoms with Gasteiger partial charge in [0, 0.05) is 6.54 Å². The van der Waals surface area contributed by atoms with E-state index in [-0.39, 0.29) is 6.54 Å². The number of carbonyl (C=O) groups excluding carboxylic acids is 2. The van der Waals surface area contributed by atoms with Crippen LogP contribution >= 0.6 is 0 Å². The summed E-state index contributed by atoms with van der Waals surface area (Å²) in [5.41, 5.74) is 0. The van der Waals surface area contributed by atoms with Gasteiger partial charge < -0.3 is 20.4 Å². The Kier molecular flexibility index (Phi) is 4.85. The standard InChI is InChI=1S/C11H16N2O6/c1-6(10(16)17)12-8(14)9(15)13-5-3-2-4-7(13)11(18)19/h6-7H,2-5H2,1H3,(H,12,14)(H,16,17)(H,18,19)/t6?,7-/m0/s1. The van der Waals surface area contributed by atoms with Gasteiger partial charge in [-0.25, -0.2) is 4.79 Å². The van der Waals surface area contributed by atoms with Crippen LogP contribution in [-0.2, 0) is 19.2 Å². The average molecular weight is 272 g/mol. The van der Waals surface area contributed by atoms with Crippen LogP contribution in [0.5, 0.6) is 0 Å². The van der Waals surface area contributed by atoms with Crippen molar-refractivity contribution in [2.45, 2.75) is 38.3 Å². The largest absolute Gasteiger partial charge is 0.480 e. The van der Waals surface area contributed by atoms with Gasteiger partial charge in [0.2, 0.25) is 0 Å². The molecule has 1 unspecified atom stereocenters. The maximum atomic E-state index is 11.8. The van der Waals surface area contributed by atoms with Crippen LogP contribution in [-0.4, -0.2) is 57.5 Å². The van der Waals surface area contributed by atoms with E-state index in [0.29, 0.717) is 19.3 Å². The second-order valence-electron chi connectivity index (χ2n) is 4.38. The first-order valence-corrected chi connectivity index (χ1v) is 5.91. The van der Waals surface area contributed by atoms with E-state index in [9.17, 15) is 19.2 Å². The van der Waals surface area contributed by atoms with E-state index in [1.165, 1.54) is 6.92 Å². The zero-order valence-corrected chi connectivity index (χ0v) is 10.5. The number of hydrogen-bond acceptors (Lipinski definition) is 4. The number of carbonyl (C=O) groups is 4. The summed E-state index contributed by atoms with van der Waals surface area (Å²) in [5.74, 6) is -4.52. The van der Waals surface area contributed by atoms with Crippen LogP contribution in [0.4, 0.5) is 0 Å². The van der Waals surface area contributed by atoms with Crippen molar-refractivity contribution in [2.24, 2.45) is 0 Å². The van der Waals surface area contributed by atoms with Gasteiger partial charge in [-0.15, -0.1) is 0 Å². The molecule has 1 fully saturated rings. The van der Waals surface area contributed by atoms with Gasteiger partial charge in [0.15, 0.2) is 0 Å². The van der Waals surface area contributed by atoms with Crippen molar-refractivity contribution in [2.75, 3.05) is 6.54 Å². The molecule has 0 aromatic rings. The van der Waals surface area contributed by atoms with Crippen molar-refractivity contribution in [1.82, 2.24) is 10.2 Å². The molecule has 1 heterocycles. The lowest BCUT2D eigenvalue weighted by Gasteiger charge is -2.32. The third kappa shape index (κ3) is 3.67. The Balaban J connectivity index is 2.71. The molecule has 0 spiro atoms. The molecule has 106 valence electrons. The molecule has 1 saturated heterocycles. The summed E-state index contributed by atoms with van der Waals surface area (Å²) < 4.78 is 0. The minimum Gasteiger partial charge on any atom is -0.480 e. The van der Waals surface area contributed by atoms with Crippen LogP contribution in [0.3, 0.4) is 0 Å². The highest BCUT2D eigenvalue weighted by molar-refractivity contribution is 6.35. The molecule has 2 amide bonds. The fraction of sp³-hybridized carbons (Fsp3) is 0.636. The SMILES string of the molecule is CC(NC(=O)C(=O)N1CCCC[C@H]1C(=O)O)C(=O)O. The predicted molar refractivity (Wildman–Crippen MR) is 62.2 cm³/mol. The van der Waals surface area contributed by atoms with Crippen LogP contribution < -0.4 is 5.32 Å². The highest BCUT2D eigenvalue weighted by Crippen LogP contribution is 2.17. The summed E-state index contributed by atoms with van der Waals surface area (Å²) in [7, 11) is 0. The second-order valence-corrected chi connectivity index (χ2v) is 4.38. The van der Waals surface area contributed by atoms with Gasteiger partial charge in [-0.1, -0.05) is 0 Å². The molecule has 0 bridgehead atoms. The second kappa shape index (κ2) is 6.17. The summed E-state index contributed by atoms with van der Waals surface area (Å²) >= 11 is 0. The Morgan fingerprint density at radius 2 is 1.84 bits per heavy atom. The van der Waals surface area contributed by atoms with Gasteiger partial charge in [-0.05, 0) is 26.2 Å². The smallest absolute Gasteiger partial charge is 0.326 e. The summed E-state index contributed by atoms with van der Waals surface area (Å²) in [5, 5.41) is 19.6. The lowest BCUT2D eigenvalue weighted by Crippen LogP contribution is -2.54. The predicted octanol–water partition coefficient (Wildman–Crippen LogP) is -0.959. The first-order valence-electron chi connectivity index (χ1n) is 5.91. The Labute approximate surface area is 109 Å². The van der Waals surface area contributed by atoms with Gasteiger partial charge in [0.25, 0.3) is 0 Å². The molecular weight excluding hydrogens is 256 g/mol. The molecule has 8 nitrogen and oxygen atoms in total. The number of amides is 2. The molecule has 8 heteroatoms. The molecule has 0 saturated carbocycles. The topological polar surface area (TPSA) is 124 Å². The highest BCUT2D eigenvalue weighted by atomic mass is 16.4. The van der Waals surface area contributed by atoms with Crippen LogP contribution in [0.15, 0.2) is 0 Å². The lowest BCUT2D eigenvalue weighted by molar-refractivity contribution is -0.157. The first kappa shape index (κ1) is 14.9. The van der Waals surface area contributed by atoms with Gasteiger partial charge in [0.05, 0.1) is 0 Å². The van der Waals surface area contributed by atoms with Crippen LogP contribution in [0.25, 0.3) is 0 Å². The van der Waals surface area contributed by atoms with Gasteiger partial charge in [0.1, 0.15) is 12.1 Å². The third-order valence-corrected chi connectivity index (χ3v) is 2.96. The zero-order valence-electron chi connectivity index (χ0n) is 10.5. The van der Waals surface area contributed by atoms with Gasteiger partial charge in [-0.2, -0.15) is 0 Å². The zero-order chi connectivity index (χ0) is 14.6. The molecule has 3 N–H and O–H groups in total. The van der Waals surface area contributed by atoms with Crippen molar-refractivity contribution in [3.8, 4) is 0 Å². The molecule has 0 aromatic heterocycles. The summed E-state index contributed by atoms with van der Waals surface area (Å²) in [6.45, 7) is 1.41. The molecule has 0 radical (unpaired) electrons. The van der Waals surface area contributed by atoms with Crippen molar-refractivity contribution in [3.05, 3.63) is 0 Å². The van der Waals surface area contributed by atoms with E-state index >= 15 is 0 Å². The quantitative estimate of drug-likeness (QED) is 0.568. The maximum absolute atomic E-state index is 11.8. The fourth-order valence-electron chi connectivity index (χ4n) is 1.88. The number of carboxylic acid groups (broad SMARTS) is 2. The number of hydrogen-bond donors (Lipinski definition) is 3. The first-order chi connectivity index (χ1) is 8.84. The van der Waals surface area contributed by atoms with Gasteiger partial charge in [-0.3, -0.25) is 14.4 Å². The molecule has 2 atom stereocenters. The Morgan fingerprint density at radius 3 is 2.37 bits per heavy atom. The number of nitrogens with zero attached hydrogens (tertiary/aromatic N) is 1. The van der Waals surface area contributed by atoms with Crippen LogP contribution in [0, 0.1) is 0 Å². The monoisotopic (exact) mass is 272 g/mol. The van der Waals surface area contributed by atoms with E-state index in [2.05, 4.69) is 0 Å². The number of rotatable bonds is 3. The van der Waals surface area contributed by atoms with Crippen LogP contribution in [0.2, 0.25) is 0 Å². The highest BCUT2D eigenvalue weighted by Gasteiger charge is 2.35. The number of aliphatic carboxylic acids is 2. The molecule has 1 aliphatic rings. The van der Waals surface area contributed by atoms with E-state index in [4.69, 9.17) is 10.2 Å². The minimum absolute atomic E-state index is 0.185. The lowest BCUT2D eigenvalue weighted by atomic mass is 10.0. The van der Waals surface area contributed by atoms with Crippen LogP contribution in [0.1, 0.15) is 26.2 Å². The van der Waals surface area contributed by atoms with Crippen molar-refractivity contribution in [3.63, 3.8) is 0 Å². The van der Waals surface area contributed by atoms with Crippen molar-refractivity contribution < 1.29 is 29.4 Å². The van der Waals surface area contributed by atoms with Gasteiger partial charge >= 0.3 is 23.8 Å². The molecule has 0 aliphatic carbocycles. The molecule has 1 aliphatic heterocycles. The van der Waals surface area contributed by atoms with E-state index in [0.717, 1.165) is 4.90 Å². The Bertz CT molecular complexity index is 408. The summed E-state index contributed by atoms with van der Waals surface area (Å²) in [6, 6.07) is -2.23. The Morgan fingerprint density at radius 1 is 1.21 bits per heavy atom. The number of likely N-dealkylation sites (tertiary alicyclic amines) is 1. The average Bonchev–Trinajstić information content (AvgIpc) is 2.37. The van der Waals surface area contributed by atoms with E-state index in [1.807, 2.05) is 5.32 Å².